The molecule has 0 saturated heterocycles. The fourth-order valence-corrected chi connectivity index (χ4v) is 3.83. The van der Waals surface area contributed by atoms with Gasteiger partial charge >= 0.3 is 0 Å². The van der Waals surface area contributed by atoms with E-state index < -0.39 is 0 Å². The first-order valence-corrected chi connectivity index (χ1v) is 12.5. The molecule has 3 aromatic carbocycles. The molecule has 0 radical (unpaired) electrons. The van der Waals surface area contributed by atoms with Gasteiger partial charge in [-0.1, -0.05) is 51.3 Å². The molecule has 0 aliphatic heterocycles. The maximum Gasteiger partial charge on any atom is 0.240 e. The topological polar surface area (TPSA) is 89.0 Å². The van der Waals surface area contributed by atoms with Gasteiger partial charge in [0.05, 0.1) is 23.4 Å². The van der Waals surface area contributed by atoms with E-state index in [1.807, 2.05) is 24.3 Å². The number of rotatable bonds is 11. The van der Waals surface area contributed by atoms with Gasteiger partial charge in [-0.2, -0.15) is 5.10 Å². The molecule has 0 fully saturated rings. The first-order valence-electron chi connectivity index (χ1n) is 11.0. The number of hydrogen-bond donors (Lipinski definition) is 2. The van der Waals surface area contributed by atoms with Crippen molar-refractivity contribution in [2.45, 2.75) is 25.9 Å². The summed E-state index contributed by atoms with van der Waals surface area (Å²) in [5.74, 6) is 0.626. The van der Waals surface area contributed by atoms with Crippen LogP contribution < -0.4 is 20.2 Å². The molecule has 0 saturated carbocycles. The van der Waals surface area contributed by atoms with Crippen LogP contribution in [0.1, 0.15) is 30.4 Å². The van der Waals surface area contributed by atoms with Crippen LogP contribution in [0.4, 0.5) is 5.69 Å². The summed E-state index contributed by atoms with van der Waals surface area (Å²) in [6.07, 6.45) is 2.31. The van der Waals surface area contributed by atoms with Crippen molar-refractivity contribution in [1.82, 2.24) is 5.43 Å². The average molecular weight is 593 g/mol. The number of carbonyl (C=O) groups excluding carboxylic acids is 2. The molecule has 0 atom stereocenters. The maximum atomic E-state index is 12.0. The number of nitrogens with zero attached hydrogens (tertiary/aromatic N) is 1. The lowest BCUT2D eigenvalue weighted by Crippen LogP contribution is -2.18. The quantitative estimate of drug-likeness (QED) is 0.194. The predicted octanol–water partition coefficient (Wildman–Crippen LogP) is 6.60. The second-order valence-electron chi connectivity index (χ2n) is 7.65. The van der Waals surface area contributed by atoms with Crippen LogP contribution in [0.15, 0.2) is 70.2 Å². The number of ether oxygens (including phenoxy) is 2. The second kappa shape index (κ2) is 13.9. The van der Waals surface area contributed by atoms with Crippen LogP contribution in [0.2, 0.25) is 10.0 Å². The number of benzene rings is 3. The van der Waals surface area contributed by atoms with E-state index in [2.05, 4.69) is 31.8 Å². The molecule has 10 heteroatoms. The summed E-state index contributed by atoms with van der Waals surface area (Å²) in [6.45, 7) is 0.289. The van der Waals surface area contributed by atoms with E-state index in [0.29, 0.717) is 39.2 Å². The highest BCUT2D eigenvalue weighted by molar-refractivity contribution is 9.10. The van der Waals surface area contributed by atoms with Crippen molar-refractivity contribution in [3.8, 4) is 11.5 Å². The van der Waals surface area contributed by atoms with Gasteiger partial charge in [-0.15, -0.1) is 0 Å². The van der Waals surface area contributed by atoms with Crippen molar-refractivity contribution >= 4 is 62.8 Å². The molecule has 188 valence electrons. The van der Waals surface area contributed by atoms with E-state index in [4.69, 9.17) is 32.7 Å². The number of methoxy groups -OCH3 is 1. The molecule has 3 rings (SSSR count). The van der Waals surface area contributed by atoms with Crippen LogP contribution in [0.3, 0.4) is 0 Å². The van der Waals surface area contributed by atoms with Crippen molar-refractivity contribution in [2.75, 3.05) is 12.4 Å². The fraction of sp³-hybridized carbons (Fsp3) is 0.192. The first-order chi connectivity index (χ1) is 17.3. The molecule has 3 aromatic rings. The van der Waals surface area contributed by atoms with E-state index in [9.17, 15) is 9.59 Å². The molecule has 0 aliphatic carbocycles. The van der Waals surface area contributed by atoms with Gasteiger partial charge in [0.25, 0.3) is 0 Å². The molecular formula is C26H24BrCl2N3O4. The lowest BCUT2D eigenvalue weighted by molar-refractivity contribution is -0.121. The van der Waals surface area contributed by atoms with Gasteiger partial charge in [-0.25, -0.2) is 5.43 Å². The molecule has 0 spiro atoms. The van der Waals surface area contributed by atoms with Crippen molar-refractivity contribution in [3.05, 3.63) is 86.3 Å². The summed E-state index contributed by atoms with van der Waals surface area (Å²) in [7, 11) is 1.54. The number of hydrazone groups is 1. The third kappa shape index (κ3) is 8.86. The number of anilines is 1. The third-order valence-electron chi connectivity index (χ3n) is 4.88. The van der Waals surface area contributed by atoms with Gasteiger partial charge in [-0.05, 0) is 66.1 Å². The number of carbonyl (C=O) groups is 2. The Hall–Kier alpha value is -3.07. The standard InChI is InChI=1S/C26H24BrCl2N3O4/c1-35-24-13-17(9-11-23(24)36-16-18-8-10-21(28)22(29)12-18)15-30-32-26(34)7-3-6-25(33)31-20-5-2-4-19(27)14-20/h2,4-5,8-15H,3,6-7,16H2,1H3,(H,31,33)(H,32,34)/b30-15-. The molecule has 0 unspecified atom stereocenters. The van der Waals surface area contributed by atoms with E-state index >= 15 is 0 Å². The van der Waals surface area contributed by atoms with Crippen molar-refractivity contribution in [1.29, 1.82) is 0 Å². The normalized spacial score (nSPS) is 10.8. The number of amides is 2. The zero-order valence-corrected chi connectivity index (χ0v) is 22.5. The van der Waals surface area contributed by atoms with Gasteiger partial charge in [0, 0.05) is 23.0 Å². The van der Waals surface area contributed by atoms with Crippen LogP contribution in [-0.2, 0) is 16.2 Å². The number of nitrogens with one attached hydrogen (secondary N) is 2. The molecule has 36 heavy (non-hydrogen) atoms. The SMILES string of the molecule is COc1cc(/C=N\NC(=O)CCCC(=O)Nc2cccc(Br)c2)ccc1OCc1ccc(Cl)c(Cl)c1. The lowest BCUT2D eigenvalue weighted by Gasteiger charge is -2.11. The molecular weight excluding hydrogens is 569 g/mol. The summed E-state index contributed by atoms with van der Waals surface area (Å²) in [6, 6.07) is 17.9. The van der Waals surface area contributed by atoms with Gasteiger partial charge in [-0.3, -0.25) is 9.59 Å². The van der Waals surface area contributed by atoms with Crippen LogP contribution >= 0.6 is 39.1 Å². The first kappa shape index (κ1) is 27.5. The summed E-state index contributed by atoms with van der Waals surface area (Å²) in [5, 5.41) is 7.72. The zero-order valence-electron chi connectivity index (χ0n) is 19.4. The highest BCUT2D eigenvalue weighted by Crippen LogP contribution is 2.29. The Bertz CT molecular complexity index is 1250. The highest BCUT2D eigenvalue weighted by Gasteiger charge is 2.08. The smallest absolute Gasteiger partial charge is 0.240 e. The molecule has 0 bridgehead atoms. The second-order valence-corrected chi connectivity index (χ2v) is 9.38. The Kier molecular flexibility index (Phi) is 10.6. The van der Waals surface area contributed by atoms with E-state index in [1.54, 1.807) is 36.4 Å². The zero-order chi connectivity index (χ0) is 25.9. The van der Waals surface area contributed by atoms with E-state index in [-0.39, 0.29) is 31.3 Å². The van der Waals surface area contributed by atoms with Crippen LogP contribution in [0.25, 0.3) is 0 Å². The maximum absolute atomic E-state index is 12.0. The summed E-state index contributed by atoms with van der Waals surface area (Å²) >= 11 is 15.3. The minimum Gasteiger partial charge on any atom is -0.493 e. The molecule has 0 aromatic heterocycles. The number of hydrogen-bond acceptors (Lipinski definition) is 5. The van der Waals surface area contributed by atoms with Crippen LogP contribution in [-0.4, -0.2) is 25.1 Å². The largest absolute Gasteiger partial charge is 0.493 e. The summed E-state index contributed by atoms with van der Waals surface area (Å²) in [4.78, 5) is 24.1. The summed E-state index contributed by atoms with van der Waals surface area (Å²) in [5.41, 5.74) is 4.74. The third-order valence-corrected chi connectivity index (χ3v) is 6.12. The monoisotopic (exact) mass is 591 g/mol. The van der Waals surface area contributed by atoms with Crippen molar-refractivity contribution < 1.29 is 19.1 Å². The molecule has 2 amide bonds. The minimum atomic E-state index is -0.282. The van der Waals surface area contributed by atoms with Gasteiger partial charge in [0.1, 0.15) is 6.61 Å². The Labute approximate surface area is 227 Å². The highest BCUT2D eigenvalue weighted by atomic mass is 79.9. The van der Waals surface area contributed by atoms with E-state index in [1.165, 1.54) is 13.3 Å². The van der Waals surface area contributed by atoms with Crippen LogP contribution in [0.5, 0.6) is 11.5 Å². The number of halogens is 3. The summed E-state index contributed by atoms with van der Waals surface area (Å²) < 4.78 is 12.1. The molecule has 2 N–H and O–H groups in total. The van der Waals surface area contributed by atoms with Crippen molar-refractivity contribution in [2.24, 2.45) is 5.10 Å². The average Bonchev–Trinajstić information content (AvgIpc) is 2.85. The fourth-order valence-electron chi connectivity index (χ4n) is 3.11. The van der Waals surface area contributed by atoms with Crippen molar-refractivity contribution in [3.63, 3.8) is 0 Å². The Balaban J connectivity index is 1.43. The Morgan fingerprint density at radius 2 is 1.78 bits per heavy atom. The van der Waals surface area contributed by atoms with Gasteiger partial charge in [0.2, 0.25) is 11.8 Å². The Morgan fingerprint density at radius 1 is 0.972 bits per heavy atom. The molecule has 7 nitrogen and oxygen atoms in total. The predicted molar refractivity (Wildman–Crippen MR) is 146 cm³/mol. The molecule has 0 heterocycles. The van der Waals surface area contributed by atoms with Crippen LogP contribution in [0, 0.1) is 0 Å². The van der Waals surface area contributed by atoms with Gasteiger partial charge in [0.15, 0.2) is 11.5 Å². The Morgan fingerprint density at radius 3 is 2.53 bits per heavy atom. The minimum absolute atomic E-state index is 0.155. The van der Waals surface area contributed by atoms with E-state index in [0.717, 1.165) is 10.0 Å². The molecule has 0 aliphatic rings. The van der Waals surface area contributed by atoms with Gasteiger partial charge < -0.3 is 14.8 Å². The lowest BCUT2D eigenvalue weighted by atomic mass is 10.2.